The van der Waals surface area contributed by atoms with Gasteiger partial charge in [0.15, 0.2) is 0 Å². The second-order valence-electron chi connectivity index (χ2n) is 16.2. The number of hydrogen-bond acceptors (Lipinski definition) is 1. The molecule has 2 aliphatic heterocycles. The van der Waals surface area contributed by atoms with E-state index in [1.54, 1.807) is 11.0 Å². The Bertz CT molecular complexity index is 2150. The minimum absolute atomic E-state index is 0.0869. The Hall–Kier alpha value is -4.34. The van der Waals surface area contributed by atoms with E-state index in [1.165, 1.54) is 66.6 Å². The van der Waals surface area contributed by atoms with Gasteiger partial charge in [0.2, 0.25) is 6.71 Å². The average molecular weight is 653 g/mol. The molecular formula is C46H47BNSi. The molecule has 8 rings (SSSR count). The first-order chi connectivity index (χ1) is 23.4. The molecule has 243 valence electrons. The van der Waals surface area contributed by atoms with Gasteiger partial charge in [0.05, 0.1) is 8.80 Å². The lowest BCUT2D eigenvalue weighted by Crippen LogP contribution is -2.62. The van der Waals surface area contributed by atoms with Crippen LogP contribution in [0.5, 0.6) is 0 Å². The molecule has 0 atom stereocenters. The van der Waals surface area contributed by atoms with Crippen molar-refractivity contribution in [1.82, 2.24) is 0 Å². The van der Waals surface area contributed by atoms with Gasteiger partial charge in [0, 0.05) is 33.3 Å². The van der Waals surface area contributed by atoms with Crippen LogP contribution in [0.3, 0.4) is 0 Å². The Morgan fingerprint density at radius 1 is 0.551 bits per heavy atom. The Balaban J connectivity index is 1.49. The van der Waals surface area contributed by atoms with Crippen LogP contribution in [0.4, 0.5) is 17.1 Å². The van der Waals surface area contributed by atoms with Crippen LogP contribution in [-0.2, 0) is 10.8 Å². The molecule has 0 N–H and O–H groups in total. The maximum atomic E-state index is 2.55. The van der Waals surface area contributed by atoms with Gasteiger partial charge in [-0.05, 0) is 76.7 Å². The summed E-state index contributed by atoms with van der Waals surface area (Å²) in [5.41, 5.74) is 18.1. The molecule has 3 heteroatoms. The minimum atomic E-state index is -0.692. The van der Waals surface area contributed by atoms with Crippen molar-refractivity contribution in [2.75, 3.05) is 4.90 Å². The molecular weight excluding hydrogens is 605 g/mol. The van der Waals surface area contributed by atoms with E-state index in [9.17, 15) is 0 Å². The summed E-state index contributed by atoms with van der Waals surface area (Å²) < 4.78 is 0. The molecule has 2 heterocycles. The molecule has 1 nitrogen and oxygen atoms in total. The van der Waals surface area contributed by atoms with Crippen molar-refractivity contribution in [2.24, 2.45) is 5.41 Å². The van der Waals surface area contributed by atoms with E-state index in [2.05, 4.69) is 188 Å². The highest BCUT2D eigenvalue weighted by Gasteiger charge is 2.56. The number of hydrogen-bond donors (Lipinski definition) is 0. The molecule has 0 saturated carbocycles. The van der Waals surface area contributed by atoms with Crippen LogP contribution in [0.25, 0.3) is 5.57 Å². The third-order valence-electron chi connectivity index (χ3n) is 12.2. The highest BCUT2D eigenvalue weighted by atomic mass is 28.3. The normalized spacial score (nSPS) is 18.0. The number of benzene rings is 5. The number of para-hydroxylation sites is 2. The Morgan fingerprint density at radius 3 is 1.69 bits per heavy atom. The highest BCUT2D eigenvalue weighted by molar-refractivity contribution is 6.93. The average Bonchev–Trinajstić information content (AvgIpc) is 3.31. The molecule has 0 fully saturated rings. The fourth-order valence-corrected chi connectivity index (χ4v) is 10.7. The third kappa shape index (κ3) is 4.51. The number of allylic oxidation sites excluding steroid dienone is 4. The molecule has 0 unspecified atom stereocenters. The molecule has 0 saturated heterocycles. The lowest BCUT2D eigenvalue weighted by molar-refractivity contribution is 0.555. The van der Waals surface area contributed by atoms with Crippen LogP contribution in [0.2, 0.25) is 13.1 Å². The van der Waals surface area contributed by atoms with Crippen LogP contribution in [0, 0.1) is 5.41 Å². The summed E-state index contributed by atoms with van der Waals surface area (Å²) in [5, 5.41) is 1.53. The second-order valence-corrected chi connectivity index (χ2v) is 18.7. The minimum Gasteiger partial charge on any atom is -0.310 e. The zero-order valence-corrected chi connectivity index (χ0v) is 31.6. The van der Waals surface area contributed by atoms with Gasteiger partial charge in [-0.15, -0.1) is 0 Å². The van der Waals surface area contributed by atoms with E-state index in [1.807, 2.05) is 0 Å². The molecule has 3 aliphatic rings. The van der Waals surface area contributed by atoms with E-state index in [0.717, 1.165) is 0 Å². The van der Waals surface area contributed by atoms with E-state index in [0.29, 0.717) is 0 Å². The van der Waals surface area contributed by atoms with Crippen molar-refractivity contribution >= 4 is 54.3 Å². The van der Waals surface area contributed by atoms with E-state index in [4.69, 9.17) is 0 Å². The monoisotopic (exact) mass is 652 g/mol. The first kappa shape index (κ1) is 31.9. The van der Waals surface area contributed by atoms with Gasteiger partial charge in [0.25, 0.3) is 0 Å². The highest BCUT2D eigenvalue weighted by Crippen LogP contribution is 2.59. The molecule has 1 radical (unpaired) electrons. The lowest BCUT2D eigenvalue weighted by Gasteiger charge is -2.49. The first-order valence-corrected chi connectivity index (χ1v) is 20.4. The fraction of sp³-hybridized carbons (Fsp3) is 0.261. The lowest BCUT2D eigenvalue weighted by atomic mass is 9.25. The van der Waals surface area contributed by atoms with E-state index >= 15 is 0 Å². The van der Waals surface area contributed by atoms with Crippen molar-refractivity contribution in [3.8, 4) is 0 Å². The quantitative estimate of drug-likeness (QED) is 0.171. The molecule has 0 aromatic heterocycles. The topological polar surface area (TPSA) is 3.24 Å². The van der Waals surface area contributed by atoms with Crippen LogP contribution >= 0.6 is 0 Å². The van der Waals surface area contributed by atoms with Gasteiger partial charge in [-0.1, -0.05) is 167 Å². The van der Waals surface area contributed by atoms with Gasteiger partial charge in [-0.2, -0.15) is 0 Å². The summed E-state index contributed by atoms with van der Waals surface area (Å²) >= 11 is 0. The molecule has 5 aromatic rings. The molecule has 49 heavy (non-hydrogen) atoms. The van der Waals surface area contributed by atoms with E-state index in [-0.39, 0.29) is 23.0 Å². The van der Waals surface area contributed by atoms with Gasteiger partial charge >= 0.3 is 0 Å². The predicted octanol–water partition coefficient (Wildman–Crippen LogP) is 10.0. The van der Waals surface area contributed by atoms with Crippen LogP contribution < -0.4 is 21.0 Å². The Labute approximate surface area is 296 Å². The summed E-state index contributed by atoms with van der Waals surface area (Å²) in [6.07, 6.45) is 0. The van der Waals surface area contributed by atoms with Crippen molar-refractivity contribution < 1.29 is 0 Å². The Kier molecular flexibility index (Phi) is 7.22. The van der Waals surface area contributed by atoms with Gasteiger partial charge < -0.3 is 4.90 Å². The molecule has 5 aromatic carbocycles. The largest absolute Gasteiger partial charge is 0.310 e. The zero-order valence-electron chi connectivity index (χ0n) is 30.6. The molecule has 1 aliphatic carbocycles. The summed E-state index contributed by atoms with van der Waals surface area (Å²) in [5.74, 6) is 0. The number of rotatable bonds is 5. The van der Waals surface area contributed by atoms with Crippen molar-refractivity contribution in [2.45, 2.75) is 72.4 Å². The third-order valence-corrected chi connectivity index (χ3v) is 13.7. The maximum Gasteiger partial charge on any atom is 0.239 e. The molecule has 0 amide bonds. The van der Waals surface area contributed by atoms with Crippen molar-refractivity contribution in [3.05, 3.63) is 160 Å². The Morgan fingerprint density at radius 2 is 1.08 bits per heavy atom. The predicted molar refractivity (Wildman–Crippen MR) is 215 cm³/mol. The molecule has 0 spiro atoms. The van der Waals surface area contributed by atoms with Gasteiger partial charge in [-0.3, -0.25) is 0 Å². The van der Waals surface area contributed by atoms with Crippen LogP contribution in [0.1, 0.15) is 70.7 Å². The number of fused-ring (bicyclic) bond motifs is 3. The standard InChI is InChI=1S/C46H47BNSi/c1-30-40(34-24-16-19-27-39(34)49(8)9)41-43(44(30,2)3)47-38-26-18-17-25-35(38)45(4,5)36-28-33(29-37(42(36)47)46(41,6)7)48(31-20-12-10-13-21-31)32-22-14-11-15-23-32/h10-29H,1-9H3. The number of nitrogens with zero attached hydrogens (tertiary/aromatic N) is 1. The smallest absolute Gasteiger partial charge is 0.239 e. The summed E-state index contributed by atoms with van der Waals surface area (Å²) in [4.78, 5) is 2.46. The number of anilines is 3. The fourth-order valence-electron chi connectivity index (χ4n) is 9.54. The summed E-state index contributed by atoms with van der Waals surface area (Å²) in [6.45, 7) is 22.4. The zero-order chi connectivity index (χ0) is 34.5. The van der Waals surface area contributed by atoms with Crippen LogP contribution in [0.15, 0.2) is 138 Å². The van der Waals surface area contributed by atoms with E-state index < -0.39 is 8.80 Å². The van der Waals surface area contributed by atoms with Gasteiger partial charge in [0.1, 0.15) is 0 Å². The van der Waals surface area contributed by atoms with Gasteiger partial charge in [-0.25, -0.2) is 0 Å². The van der Waals surface area contributed by atoms with Crippen LogP contribution in [-0.4, -0.2) is 15.5 Å². The second kappa shape index (κ2) is 11.1. The summed E-state index contributed by atoms with van der Waals surface area (Å²) in [6, 6.07) is 45.5. The maximum absolute atomic E-state index is 2.55. The molecule has 0 bridgehead atoms. The van der Waals surface area contributed by atoms with Crippen molar-refractivity contribution in [3.63, 3.8) is 0 Å². The SMILES string of the molecule is CC1=C(c2ccccc2[Si](C)C)C2=C(B3c4ccccc4C(C)(C)c4cc(N(c5ccccc5)c5ccccc5)cc(c43)C2(C)C)C1(C)C. The summed E-state index contributed by atoms with van der Waals surface area (Å²) in [7, 11) is -0.692. The first-order valence-electron chi connectivity index (χ1n) is 17.9. The van der Waals surface area contributed by atoms with Crippen molar-refractivity contribution in [1.29, 1.82) is 0 Å².